The summed E-state index contributed by atoms with van der Waals surface area (Å²) >= 11 is 3.86. The van der Waals surface area contributed by atoms with Crippen molar-refractivity contribution in [2.75, 3.05) is 18.8 Å². The second-order valence-corrected chi connectivity index (χ2v) is 3.07. The summed E-state index contributed by atoms with van der Waals surface area (Å²) in [5, 5.41) is 6.09. The third-order valence-electron chi connectivity index (χ3n) is 1.85. The van der Waals surface area contributed by atoms with Crippen LogP contribution in [-0.2, 0) is 4.79 Å². The first kappa shape index (κ1) is 8.87. The number of hydrogen-bond acceptors (Lipinski definition) is 3. The largest absolute Gasteiger partial charge is 0.354 e. The lowest BCUT2D eigenvalue weighted by molar-refractivity contribution is -0.118. The normalized spacial score (nSPS) is 23.5. The lowest BCUT2D eigenvalue weighted by Gasteiger charge is -2.09. The van der Waals surface area contributed by atoms with E-state index in [9.17, 15) is 4.79 Å². The minimum Gasteiger partial charge on any atom is -0.354 e. The first-order valence-corrected chi connectivity index (χ1v) is 4.57. The van der Waals surface area contributed by atoms with E-state index in [1.165, 1.54) is 12.8 Å². The van der Waals surface area contributed by atoms with E-state index in [2.05, 4.69) is 23.3 Å². The second-order valence-electron chi connectivity index (χ2n) is 2.76. The van der Waals surface area contributed by atoms with Crippen LogP contribution in [0.25, 0.3) is 0 Å². The van der Waals surface area contributed by atoms with Crippen molar-refractivity contribution in [3.63, 3.8) is 0 Å². The lowest BCUT2D eigenvalue weighted by Crippen LogP contribution is -2.37. The van der Waals surface area contributed by atoms with E-state index in [1.54, 1.807) is 0 Å². The maximum atomic E-state index is 10.8. The van der Waals surface area contributed by atoms with Crippen LogP contribution in [-0.4, -0.2) is 30.8 Å². The van der Waals surface area contributed by atoms with Crippen molar-refractivity contribution in [1.82, 2.24) is 10.6 Å². The first-order chi connectivity index (χ1) is 5.33. The van der Waals surface area contributed by atoms with Gasteiger partial charge < -0.3 is 10.6 Å². The van der Waals surface area contributed by atoms with Gasteiger partial charge in [-0.25, -0.2) is 0 Å². The van der Waals surface area contributed by atoms with Gasteiger partial charge in [0, 0.05) is 12.6 Å². The number of thiol groups is 1. The molecule has 0 radical (unpaired) electrons. The van der Waals surface area contributed by atoms with Gasteiger partial charge in [0.25, 0.3) is 0 Å². The second kappa shape index (κ2) is 4.62. The predicted molar refractivity (Wildman–Crippen MR) is 47.9 cm³/mol. The monoisotopic (exact) mass is 174 g/mol. The Balaban J connectivity index is 2.06. The van der Waals surface area contributed by atoms with E-state index in [4.69, 9.17) is 0 Å². The molecule has 0 saturated carbocycles. The molecule has 2 N–H and O–H groups in total. The molecule has 11 heavy (non-hydrogen) atoms. The quantitative estimate of drug-likeness (QED) is 0.518. The van der Waals surface area contributed by atoms with Crippen molar-refractivity contribution < 1.29 is 4.79 Å². The molecule has 1 fully saturated rings. The minimum absolute atomic E-state index is 0.0158. The third kappa shape index (κ3) is 3.12. The van der Waals surface area contributed by atoms with Gasteiger partial charge in [-0.05, 0) is 19.4 Å². The topological polar surface area (TPSA) is 41.1 Å². The molecular weight excluding hydrogens is 160 g/mol. The molecule has 3 nitrogen and oxygen atoms in total. The zero-order valence-corrected chi connectivity index (χ0v) is 7.36. The molecule has 0 aromatic heterocycles. The number of carbonyl (C=O) groups excluding carboxylic acids is 1. The molecule has 1 atom stereocenters. The van der Waals surface area contributed by atoms with Crippen molar-refractivity contribution in [1.29, 1.82) is 0 Å². The molecule has 1 heterocycles. The minimum atomic E-state index is 0.0158. The average Bonchev–Trinajstić information content (AvgIpc) is 2.52. The van der Waals surface area contributed by atoms with Crippen LogP contribution < -0.4 is 10.6 Å². The Morgan fingerprint density at radius 3 is 3.09 bits per heavy atom. The van der Waals surface area contributed by atoms with Crippen LogP contribution in [0, 0.1) is 0 Å². The Morgan fingerprint density at radius 2 is 2.55 bits per heavy atom. The van der Waals surface area contributed by atoms with E-state index >= 15 is 0 Å². The van der Waals surface area contributed by atoms with Gasteiger partial charge in [-0.2, -0.15) is 12.6 Å². The number of rotatable bonds is 3. The summed E-state index contributed by atoms with van der Waals surface area (Å²) < 4.78 is 0. The molecule has 1 amide bonds. The molecule has 64 valence electrons. The van der Waals surface area contributed by atoms with E-state index in [-0.39, 0.29) is 11.7 Å². The van der Waals surface area contributed by atoms with Gasteiger partial charge in [-0.15, -0.1) is 0 Å². The zero-order valence-electron chi connectivity index (χ0n) is 6.47. The van der Waals surface area contributed by atoms with Crippen molar-refractivity contribution in [3.8, 4) is 0 Å². The Labute approximate surface area is 72.3 Å². The molecule has 4 heteroatoms. The van der Waals surface area contributed by atoms with Crippen LogP contribution in [0.5, 0.6) is 0 Å². The molecule has 1 aliphatic heterocycles. The van der Waals surface area contributed by atoms with E-state index in [0.29, 0.717) is 6.04 Å². The van der Waals surface area contributed by atoms with Crippen LogP contribution >= 0.6 is 12.6 Å². The highest BCUT2D eigenvalue weighted by Crippen LogP contribution is 2.02. The van der Waals surface area contributed by atoms with Crippen LogP contribution in [0.2, 0.25) is 0 Å². The molecule has 0 aromatic carbocycles. The molecule has 1 saturated heterocycles. The fourth-order valence-electron chi connectivity index (χ4n) is 1.22. The average molecular weight is 174 g/mol. The Kier molecular flexibility index (Phi) is 3.72. The summed E-state index contributed by atoms with van der Waals surface area (Å²) in [6, 6.07) is 0.485. The summed E-state index contributed by atoms with van der Waals surface area (Å²) in [4.78, 5) is 10.8. The Bertz CT molecular complexity index is 134. The molecule has 0 bridgehead atoms. The van der Waals surface area contributed by atoms with Crippen molar-refractivity contribution >= 4 is 18.5 Å². The molecular formula is C7H14N2OS. The van der Waals surface area contributed by atoms with Crippen LogP contribution in [0.1, 0.15) is 12.8 Å². The Morgan fingerprint density at radius 1 is 1.73 bits per heavy atom. The fourth-order valence-corrected chi connectivity index (χ4v) is 1.34. The van der Waals surface area contributed by atoms with Gasteiger partial charge in [0.2, 0.25) is 5.91 Å². The molecule has 0 aromatic rings. The van der Waals surface area contributed by atoms with Gasteiger partial charge in [-0.1, -0.05) is 0 Å². The summed E-state index contributed by atoms with van der Waals surface area (Å²) in [5.74, 6) is 0.300. The van der Waals surface area contributed by atoms with Crippen molar-refractivity contribution in [3.05, 3.63) is 0 Å². The molecule has 0 spiro atoms. The lowest BCUT2D eigenvalue weighted by atomic mass is 10.2. The highest BCUT2D eigenvalue weighted by Gasteiger charge is 2.13. The molecule has 1 unspecified atom stereocenters. The Hall–Kier alpha value is -0.220. The van der Waals surface area contributed by atoms with Gasteiger partial charge in [0.05, 0.1) is 5.75 Å². The number of nitrogens with one attached hydrogen (secondary N) is 2. The first-order valence-electron chi connectivity index (χ1n) is 3.94. The fraction of sp³-hybridized carbons (Fsp3) is 0.857. The van der Waals surface area contributed by atoms with Gasteiger partial charge in [0.15, 0.2) is 0 Å². The summed E-state index contributed by atoms with van der Waals surface area (Å²) in [6.45, 7) is 1.83. The molecule has 0 aliphatic carbocycles. The van der Waals surface area contributed by atoms with Crippen molar-refractivity contribution in [2.45, 2.75) is 18.9 Å². The SMILES string of the molecule is O=C(CS)NCC1CCCN1. The molecule has 1 aliphatic rings. The van der Waals surface area contributed by atoms with Crippen molar-refractivity contribution in [2.24, 2.45) is 0 Å². The van der Waals surface area contributed by atoms with E-state index in [0.717, 1.165) is 13.1 Å². The summed E-state index contributed by atoms with van der Waals surface area (Å²) in [6.07, 6.45) is 2.40. The van der Waals surface area contributed by atoms with E-state index in [1.807, 2.05) is 0 Å². The van der Waals surface area contributed by atoms with Gasteiger partial charge in [-0.3, -0.25) is 4.79 Å². The number of hydrogen-bond donors (Lipinski definition) is 3. The maximum absolute atomic E-state index is 10.8. The zero-order chi connectivity index (χ0) is 8.10. The van der Waals surface area contributed by atoms with Crippen LogP contribution in [0.3, 0.4) is 0 Å². The highest BCUT2D eigenvalue weighted by atomic mass is 32.1. The number of carbonyl (C=O) groups is 1. The van der Waals surface area contributed by atoms with E-state index < -0.39 is 0 Å². The predicted octanol–water partition coefficient (Wildman–Crippen LogP) is -0.216. The van der Waals surface area contributed by atoms with Gasteiger partial charge >= 0.3 is 0 Å². The van der Waals surface area contributed by atoms with Crippen LogP contribution in [0.15, 0.2) is 0 Å². The summed E-state index contributed by atoms with van der Waals surface area (Å²) in [7, 11) is 0. The smallest absolute Gasteiger partial charge is 0.229 e. The maximum Gasteiger partial charge on any atom is 0.229 e. The standard InChI is InChI=1S/C7H14N2OS/c10-7(5-11)9-4-6-2-1-3-8-6/h6,8,11H,1-5H2,(H,9,10). The third-order valence-corrected chi connectivity index (χ3v) is 2.14. The van der Waals surface area contributed by atoms with Crippen LogP contribution in [0.4, 0.5) is 0 Å². The molecule has 1 rings (SSSR count). The summed E-state index contributed by atoms with van der Waals surface area (Å²) in [5.41, 5.74) is 0. The van der Waals surface area contributed by atoms with Gasteiger partial charge in [0.1, 0.15) is 0 Å². The number of amides is 1. The highest BCUT2D eigenvalue weighted by molar-refractivity contribution is 7.81.